The lowest BCUT2D eigenvalue weighted by Gasteiger charge is -2.08. The van der Waals surface area contributed by atoms with Crippen molar-refractivity contribution < 1.29 is 4.79 Å². The number of carbonyl (C=O) groups is 1. The van der Waals surface area contributed by atoms with Gasteiger partial charge in [-0.2, -0.15) is 0 Å². The number of nitrogens with one attached hydrogen (secondary N) is 2. The number of hydrogen-bond acceptors (Lipinski definition) is 2. The zero-order valence-corrected chi connectivity index (χ0v) is 14.3. The van der Waals surface area contributed by atoms with Crippen LogP contribution < -0.4 is 10.6 Å². The first-order chi connectivity index (χ1) is 11.1. The van der Waals surface area contributed by atoms with E-state index in [1.165, 1.54) is 5.56 Å². The Morgan fingerprint density at radius 2 is 1.74 bits per heavy atom. The highest BCUT2D eigenvalue weighted by Gasteiger charge is 2.03. The van der Waals surface area contributed by atoms with E-state index in [0.29, 0.717) is 29.6 Å². The van der Waals surface area contributed by atoms with Gasteiger partial charge in [0.15, 0.2) is 0 Å². The van der Waals surface area contributed by atoms with Gasteiger partial charge in [0, 0.05) is 16.6 Å². The predicted molar refractivity (Wildman–Crippen MR) is 96.2 cm³/mol. The van der Waals surface area contributed by atoms with E-state index in [2.05, 4.69) is 22.8 Å². The summed E-state index contributed by atoms with van der Waals surface area (Å²) in [4.78, 5) is 11.8. The Bertz CT molecular complexity index is 632. The summed E-state index contributed by atoms with van der Waals surface area (Å²) in [5.41, 5.74) is 2.24. The third-order valence-electron chi connectivity index (χ3n) is 3.45. The third-order valence-corrected chi connectivity index (χ3v) is 4.04. The minimum atomic E-state index is -0.0110. The van der Waals surface area contributed by atoms with Gasteiger partial charge in [-0.25, -0.2) is 0 Å². The maximum atomic E-state index is 11.8. The van der Waals surface area contributed by atoms with Crippen molar-refractivity contribution in [3.8, 4) is 0 Å². The van der Waals surface area contributed by atoms with Crippen LogP contribution in [0, 0.1) is 0 Å². The Labute approximate surface area is 147 Å². The van der Waals surface area contributed by atoms with Gasteiger partial charge in [0.1, 0.15) is 0 Å². The largest absolute Gasteiger partial charge is 0.355 e. The Hall–Kier alpha value is -1.55. The molecule has 0 unspecified atom stereocenters. The molecule has 3 nitrogen and oxygen atoms in total. The summed E-state index contributed by atoms with van der Waals surface area (Å²) in [5.74, 6) is -0.0110. The molecule has 5 heteroatoms. The molecule has 2 N–H and O–H groups in total. The number of hydrogen-bond donors (Lipinski definition) is 2. The van der Waals surface area contributed by atoms with Crippen LogP contribution in [0.5, 0.6) is 0 Å². The first-order valence-corrected chi connectivity index (χ1v) is 8.36. The van der Waals surface area contributed by atoms with Crippen LogP contribution in [0.25, 0.3) is 0 Å². The molecule has 122 valence electrons. The average Bonchev–Trinajstić information content (AvgIpc) is 2.55. The summed E-state index contributed by atoms with van der Waals surface area (Å²) < 4.78 is 0. The third kappa shape index (κ3) is 6.61. The molecule has 0 aromatic heterocycles. The molecule has 2 rings (SSSR count). The van der Waals surface area contributed by atoms with E-state index in [4.69, 9.17) is 23.2 Å². The number of rotatable bonds is 8. The number of amides is 1. The van der Waals surface area contributed by atoms with Crippen molar-refractivity contribution >= 4 is 29.1 Å². The van der Waals surface area contributed by atoms with Crippen molar-refractivity contribution in [2.75, 3.05) is 19.6 Å². The Kier molecular flexibility index (Phi) is 7.40. The molecule has 0 heterocycles. The molecule has 0 atom stereocenters. The van der Waals surface area contributed by atoms with Crippen LogP contribution in [-0.4, -0.2) is 25.5 Å². The number of benzene rings is 2. The summed E-state index contributed by atoms with van der Waals surface area (Å²) in [5, 5.41) is 7.27. The molecular weight excluding hydrogens is 331 g/mol. The molecule has 0 spiro atoms. The molecule has 2 aromatic rings. The predicted octanol–water partition coefficient (Wildman–Crippen LogP) is 3.48. The van der Waals surface area contributed by atoms with Crippen LogP contribution in [0.4, 0.5) is 0 Å². The van der Waals surface area contributed by atoms with Crippen LogP contribution in [0.2, 0.25) is 10.0 Å². The molecule has 2 aromatic carbocycles. The SMILES string of the molecule is O=C(CNCCc1ccccc1)NCCc1ccc(Cl)cc1Cl. The molecule has 0 saturated heterocycles. The zero-order valence-electron chi connectivity index (χ0n) is 12.8. The molecular formula is C18H20Cl2N2O. The second-order valence-corrected chi connectivity index (χ2v) is 6.09. The standard InChI is InChI=1S/C18H20Cl2N2O/c19-16-7-6-15(17(20)12-16)9-11-22-18(23)13-21-10-8-14-4-2-1-3-5-14/h1-7,12,21H,8-11,13H2,(H,22,23). The molecule has 0 saturated carbocycles. The van der Waals surface area contributed by atoms with Gasteiger partial charge in [-0.1, -0.05) is 59.6 Å². The molecule has 0 fully saturated rings. The van der Waals surface area contributed by atoms with E-state index < -0.39 is 0 Å². The second-order valence-electron chi connectivity index (χ2n) is 5.25. The summed E-state index contributed by atoms with van der Waals surface area (Å²) in [6, 6.07) is 15.6. The average molecular weight is 351 g/mol. The lowest BCUT2D eigenvalue weighted by molar-refractivity contribution is -0.120. The van der Waals surface area contributed by atoms with Gasteiger partial charge in [0.2, 0.25) is 5.91 Å². The van der Waals surface area contributed by atoms with Gasteiger partial charge in [-0.3, -0.25) is 4.79 Å². The lowest BCUT2D eigenvalue weighted by Crippen LogP contribution is -2.35. The van der Waals surface area contributed by atoms with Gasteiger partial charge in [0.05, 0.1) is 6.54 Å². The normalized spacial score (nSPS) is 10.5. The fourth-order valence-electron chi connectivity index (χ4n) is 2.20. The fraction of sp³-hybridized carbons (Fsp3) is 0.278. The van der Waals surface area contributed by atoms with Crippen LogP contribution >= 0.6 is 23.2 Å². The summed E-state index contributed by atoms with van der Waals surface area (Å²) >= 11 is 12.0. The van der Waals surface area contributed by atoms with Crippen LogP contribution in [0.15, 0.2) is 48.5 Å². The van der Waals surface area contributed by atoms with Gasteiger partial charge >= 0.3 is 0 Å². The highest BCUT2D eigenvalue weighted by molar-refractivity contribution is 6.35. The maximum Gasteiger partial charge on any atom is 0.233 e. The van der Waals surface area contributed by atoms with E-state index in [9.17, 15) is 4.79 Å². The van der Waals surface area contributed by atoms with Crippen molar-refractivity contribution in [2.45, 2.75) is 12.8 Å². The highest BCUT2D eigenvalue weighted by Crippen LogP contribution is 2.20. The quantitative estimate of drug-likeness (QED) is 0.715. The van der Waals surface area contributed by atoms with E-state index in [1.807, 2.05) is 24.3 Å². The van der Waals surface area contributed by atoms with Gasteiger partial charge in [0.25, 0.3) is 0 Å². The minimum absolute atomic E-state index is 0.0110. The first kappa shape index (κ1) is 17.8. The topological polar surface area (TPSA) is 41.1 Å². The maximum absolute atomic E-state index is 11.8. The van der Waals surface area contributed by atoms with E-state index in [-0.39, 0.29) is 5.91 Å². The molecule has 23 heavy (non-hydrogen) atoms. The van der Waals surface area contributed by atoms with Gasteiger partial charge in [-0.05, 0) is 42.6 Å². The first-order valence-electron chi connectivity index (χ1n) is 7.60. The van der Waals surface area contributed by atoms with Crippen LogP contribution in [0.3, 0.4) is 0 Å². The highest BCUT2D eigenvalue weighted by atomic mass is 35.5. The lowest BCUT2D eigenvalue weighted by atomic mass is 10.1. The molecule has 0 radical (unpaired) electrons. The van der Waals surface area contributed by atoms with E-state index in [1.54, 1.807) is 12.1 Å². The molecule has 0 aliphatic heterocycles. The number of carbonyl (C=O) groups excluding carboxylic acids is 1. The summed E-state index contributed by atoms with van der Waals surface area (Å²) in [7, 11) is 0. The Morgan fingerprint density at radius 1 is 0.957 bits per heavy atom. The molecule has 1 amide bonds. The Morgan fingerprint density at radius 3 is 2.48 bits per heavy atom. The van der Waals surface area contributed by atoms with E-state index >= 15 is 0 Å². The van der Waals surface area contributed by atoms with Crippen LogP contribution in [0.1, 0.15) is 11.1 Å². The second kappa shape index (κ2) is 9.56. The van der Waals surface area contributed by atoms with E-state index in [0.717, 1.165) is 18.5 Å². The monoisotopic (exact) mass is 350 g/mol. The zero-order chi connectivity index (χ0) is 16.5. The van der Waals surface area contributed by atoms with Crippen LogP contribution in [-0.2, 0) is 17.6 Å². The number of halogens is 2. The van der Waals surface area contributed by atoms with Crippen molar-refractivity contribution in [3.05, 3.63) is 69.7 Å². The summed E-state index contributed by atoms with van der Waals surface area (Å²) in [6.45, 7) is 1.65. The van der Waals surface area contributed by atoms with Crippen molar-refractivity contribution in [1.82, 2.24) is 10.6 Å². The Balaban J connectivity index is 1.60. The van der Waals surface area contributed by atoms with Crippen molar-refractivity contribution in [3.63, 3.8) is 0 Å². The van der Waals surface area contributed by atoms with Gasteiger partial charge < -0.3 is 10.6 Å². The van der Waals surface area contributed by atoms with Crippen molar-refractivity contribution in [2.24, 2.45) is 0 Å². The molecule has 0 aliphatic carbocycles. The summed E-state index contributed by atoms with van der Waals surface area (Å²) in [6.07, 6.45) is 1.60. The van der Waals surface area contributed by atoms with Crippen molar-refractivity contribution in [1.29, 1.82) is 0 Å². The van der Waals surface area contributed by atoms with Gasteiger partial charge in [-0.15, -0.1) is 0 Å². The fourth-order valence-corrected chi connectivity index (χ4v) is 2.71. The molecule has 0 aliphatic rings. The minimum Gasteiger partial charge on any atom is -0.355 e. The smallest absolute Gasteiger partial charge is 0.233 e. The molecule has 0 bridgehead atoms.